The van der Waals surface area contributed by atoms with Gasteiger partial charge in [-0.3, -0.25) is 0 Å². The van der Waals surface area contributed by atoms with E-state index in [-0.39, 0.29) is 0 Å². The predicted molar refractivity (Wildman–Crippen MR) is 65.3 cm³/mol. The SMILES string of the molecule is C1SCSCS1.O=S1(=O)CCCC1. The average Bonchev–Trinajstić information content (AvgIpc) is 2.54. The zero-order valence-corrected chi connectivity index (χ0v) is 10.7. The Labute approximate surface area is 92.9 Å². The van der Waals surface area contributed by atoms with Crippen molar-refractivity contribution < 1.29 is 8.42 Å². The molecule has 2 nitrogen and oxygen atoms in total. The lowest BCUT2D eigenvalue weighted by Crippen LogP contribution is -1.98. The Balaban J connectivity index is 0.000000132. The van der Waals surface area contributed by atoms with E-state index in [4.69, 9.17) is 0 Å². The Morgan fingerprint density at radius 1 is 0.769 bits per heavy atom. The minimum absolute atomic E-state index is 0.424. The van der Waals surface area contributed by atoms with Gasteiger partial charge in [0.2, 0.25) is 0 Å². The first-order valence-corrected chi connectivity index (χ1v) is 9.43. The molecular weight excluding hydrogens is 244 g/mol. The van der Waals surface area contributed by atoms with Crippen molar-refractivity contribution in [1.82, 2.24) is 0 Å². The smallest absolute Gasteiger partial charge is 0.150 e. The Hall–Kier alpha value is 1.000. The number of sulfone groups is 1. The molecule has 2 rings (SSSR count). The molecule has 0 aromatic heterocycles. The van der Waals surface area contributed by atoms with Crippen LogP contribution in [0.2, 0.25) is 0 Å². The van der Waals surface area contributed by atoms with Crippen molar-refractivity contribution in [3.8, 4) is 0 Å². The number of hydrogen-bond acceptors (Lipinski definition) is 5. The number of hydrogen-bond donors (Lipinski definition) is 0. The first kappa shape index (κ1) is 12.1. The molecule has 6 heteroatoms. The molecule has 2 fully saturated rings. The molecule has 0 radical (unpaired) electrons. The summed E-state index contributed by atoms with van der Waals surface area (Å²) in [6.07, 6.45) is 1.75. The largest absolute Gasteiger partial charge is 0.229 e. The van der Waals surface area contributed by atoms with Crippen LogP contribution in [-0.2, 0) is 9.84 Å². The molecule has 13 heavy (non-hydrogen) atoms. The molecule has 0 bridgehead atoms. The fourth-order valence-corrected chi connectivity index (χ4v) is 6.58. The highest BCUT2D eigenvalue weighted by Crippen LogP contribution is 2.27. The molecule has 0 unspecified atom stereocenters. The molecule has 0 aromatic rings. The Morgan fingerprint density at radius 3 is 1.31 bits per heavy atom. The van der Waals surface area contributed by atoms with Crippen LogP contribution in [0.15, 0.2) is 0 Å². The van der Waals surface area contributed by atoms with Gasteiger partial charge in [-0.05, 0) is 12.8 Å². The lowest BCUT2D eigenvalue weighted by molar-refractivity contribution is 0.602. The van der Waals surface area contributed by atoms with E-state index in [0.29, 0.717) is 11.5 Å². The van der Waals surface area contributed by atoms with E-state index in [1.807, 2.05) is 35.3 Å². The predicted octanol–water partition coefficient (Wildman–Crippen LogP) is 2.27. The summed E-state index contributed by atoms with van der Waals surface area (Å²) >= 11 is 6.06. The third kappa shape index (κ3) is 6.14. The van der Waals surface area contributed by atoms with Crippen LogP contribution < -0.4 is 0 Å². The van der Waals surface area contributed by atoms with E-state index >= 15 is 0 Å². The Kier molecular flexibility index (Phi) is 6.01. The second-order valence-corrected chi connectivity index (χ2v) is 9.18. The molecule has 0 N–H and O–H groups in total. The second-order valence-electron chi connectivity index (χ2n) is 2.82. The summed E-state index contributed by atoms with van der Waals surface area (Å²) in [5, 5.41) is 3.94. The van der Waals surface area contributed by atoms with E-state index in [0.717, 1.165) is 12.8 Å². The van der Waals surface area contributed by atoms with Crippen LogP contribution in [0.25, 0.3) is 0 Å². The number of thioether (sulfide) groups is 3. The van der Waals surface area contributed by atoms with E-state index in [9.17, 15) is 8.42 Å². The van der Waals surface area contributed by atoms with Crippen LogP contribution in [0.5, 0.6) is 0 Å². The molecule has 0 aromatic carbocycles. The van der Waals surface area contributed by atoms with Crippen molar-refractivity contribution in [2.45, 2.75) is 12.8 Å². The normalized spacial score (nSPS) is 26.2. The van der Waals surface area contributed by atoms with E-state index in [1.54, 1.807) is 0 Å². The Morgan fingerprint density at radius 2 is 1.15 bits per heavy atom. The molecule has 2 aliphatic rings. The topological polar surface area (TPSA) is 34.1 Å². The zero-order chi connectivity index (χ0) is 9.57. The average molecular weight is 258 g/mol. The lowest BCUT2D eigenvalue weighted by atomic mass is 10.4. The molecule has 2 heterocycles. The highest BCUT2D eigenvalue weighted by molar-refractivity contribution is 8.31. The van der Waals surface area contributed by atoms with Crippen LogP contribution in [0.4, 0.5) is 0 Å². The highest BCUT2D eigenvalue weighted by atomic mass is 32.3. The van der Waals surface area contributed by atoms with Gasteiger partial charge in [0.25, 0.3) is 0 Å². The summed E-state index contributed by atoms with van der Waals surface area (Å²) in [4.78, 5) is 0. The van der Waals surface area contributed by atoms with Gasteiger partial charge in [-0.25, -0.2) is 8.42 Å². The van der Waals surface area contributed by atoms with E-state index in [1.165, 1.54) is 15.3 Å². The Bertz CT molecular complexity index is 197. The quantitative estimate of drug-likeness (QED) is 0.666. The minimum atomic E-state index is -2.55. The van der Waals surface area contributed by atoms with Crippen LogP contribution in [0.3, 0.4) is 0 Å². The van der Waals surface area contributed by atoms with Gasteiger partial charge in [0.1, 0.15) is 9.84 Å². The molecule has 0 atom stereocenters. The van der Waals surface area contributed by atoms with Crippen LogP contribution >= 0.6 is 35.3 Å². The van der Waals surface area contributed by atoms with Crippen molar-refractivity contribution in [3.05, 3.63) is 0 Å². The van der Waals surface area contributed by atoms with Crippen LogP contribution in [-0.4, -0.2) is 35.2 Å². The maximum atomic E-state index is 10.4. The fraction of sp³-hybridized carbons (Fsp3) is 1.00. The minimum Gasteiger partial charge on any atom is -0.229 e. The second kappa shape index (κ2) is 6.48. The van der Waals surface area contributed by atoms with Gasteiger partial charge in [0.05, 0.1) is 11.5 Å². The summed E-state index contributed by atoms with van der Waals surface area (Å²) in [5.41, 5.74) is 0. The van der Waals surface area contributed by atoms with Gasteiger partial charge in [0, 0.05) is 15.3 Å². The number of rotatable bonds is 0. The van der Waals surface area contributed by atoms with Crippen LogP contribution in [0, 0.1) is 0 Å². The molecule has 0 spiro atoms. The summed E-state index contributed by atoms with van der Waals surface area (Å²) < 4.78 is 20.9. The first-order valence-electron chi connectivity index (χ1n) is 4.14. The van der Waals surface area contributed by atoms with Crippen LogP contribution in [0.1, 0.15) is 12.8 Å². The molecular formula is C7H14O2S4. The monoisotopic (exact) mass is 258 g/mol. The van der Waals surface area contributed by atoms with E-state index < -0.39 is 9.84 Å². The molecule has 0 aliphatic carbocycles. The van der Waals surface area contributed by atoms with Crippen molar-refractivity contribution >= 4 is 45.1 Å². The van der Waals surface area contributed by atoms with Crippen molar-refractivity contribution in [2.24, 2.45) is 0 Å². The van der Waals surface area contributed by atoms with Gasteiger partial charge in [0.15, 0.2) is 0 Å². The van der Waals surface area contributed by atoms with Crippen molar-refractivity contribution in [1.29, 1.82) is 0 Å². The summed E-state index contributed by atoms with van der Waals surface area (Å²) in [6, 6.07) is 0. The van der Waals surface area contributed by atoms with Crippen molar-refractivity contribution in [2.75, 3.05) is 26.8 Å². The molecule has 78 valence electrons. The van der Waals surface area contributed by atoms with Crippen molar-refractivity contribution in [3.63, 3.8) is 0 Å². The summed E-state index contributed by atoms with van der Waals surface area (Å²) in [6.45, 7) is 0. The summed E-state index contributed by atoms with van der Waals surface area (Å²) in [5.74, 6) is 0.847. The maximum Gasteiger partial charge on any atom is 0.150 e. The lowest BCUT2D eigenvalue weighted by Gasteiger charge is -2.05. The fourth-order valence-electron chi connectivity index (χ4n) is 1.02. The van der Waals surface area contributed by atoms with Gasteiger partial charge in [-0.1, -0.05) is 0 Å². The van der Waals surface area contributed by atoms with Gasteiger partial charge >= 0.3 is 0 Å². The molecule has 2 aliphatic heterocycles. The molecule has 2 saturated heterocycles. The maximum absolute atomic E-state index is 10.4. The molecule has 0 saturated carbocycles. The van der Waals surface area contributed by atoms with Gasteiger partial charge < -0.3 is 0 Å². The van der Waals surface area contributed by atoms with Gasteiger partial charge in [-0.2, -0.15) is 0 Å². The van der Waals surface area contributed by atoms with E-state index in [2.05, 4.69) is 0 Å². The van der Waals surface area contributed by atoms with Gasteiger partial charge in [-0.15, -0.1) is 35.3 Å². The third-order valence-electron chi connectivity index (χ3n) is 1.66. The standard InChI is InChI=1S/C4H8O2S.C3H6S3/c5-7(6)3-1-2-4-7;1-4-2-6-3-5-1/h1-4H2;1-3H2. The first-order chi connectivity index (χ1) is 6.21. The summed E-state index contributed by atoms with van der Waals surface area (Å²) in [7, 11) is -2.55. The zero-order valence-electron chi connectivity index (χ0n) is 7.40. The third-order valence-corrected chi connectivity index (χ3v) is 7.48. The molecule has 0 amide bonds. The highest BCUT2D eigenvalue weighted by Gasteiger charge is 2.16.